The summed E-state index contributed by atoms with van der Waals surface area (Å²) in [6, 6.07) is 10.9. The number of ether oxygens (including phenoxy) is 1. The second-order valence-corrected chi connectivity index (χ2v) is 5.07. The number of hydrogen-bond donors (Lipinski definition) is 2. The average molecular weight is 257 g/mol. The summed E-state index contributed by atoms with van der Waals surface area (Å²) in [5, 5.41) is 10.5. The Hall–Kier alpha value is -1.81. The molecule has 1 fully saturated rings. The van der Waals surface area contributed by atoms with E-state index in [0.717, 1.165) is 18.0 Å². The highest BCUT2D eigenvalue weighted by Gasteiger charge is 2.31. The molecule has 1 aromatic carbocycles. The first kappa shape index (κ1) is 12.2. The van der Waals surface area contributed by atoms with E-state index in [4.69, 9.17) is 4.74 Å². The Morgan fingerprint density at radius 3 is 2.89 bits per heavy atom. The van der Waals surface area contributed by atoms with E-state index in [9.17, 15) is 0 Å². The molecule has 2 N–H and O–H groups in total. The predicted molar refractivity (Wildman–Crippen MR) is 74.2 cm³/mol. The van der Waals surface area contributed by atoms with Gasteiger partial charge in [-0.05, 0) is 36.5 Å². The Morgan fingerprint density at radius 2 is 2.16 bits per heavy atom. The van der Waals surface area contributed by atoms with Crippen molar-refractivity contribution in [2.75, 3.05) is 7.11 Å². The summed E-state index contributed by atoms with van der Waals surface area (Å²) < 4.78 is 5.42. The molecule has 2 aromatic rings. The zero-order valence-corrected chi connectivity index (χ0v) is 11.1. The van der Waals surface area contributed by atoms with Crippen molar-refractivity contribution in [3.8, 4) is 5.75 Å². The van der Waals surface area contributed by atoms with Gasteiger partial charge in [-0.3, -0.25) is 5.10 Å². The molecule has 1 saturated carbocycles. The number of nitrogens with one attached hydrogen (secondary N) is 2. The lowest BCUT2D eigenvalue weighted by Gasteiger charge is -2.36. The lowest BCUT2D eigenvalue weighted by molar-refractivity contribution is 0.281. The van der Waals surface area contributed by atoms with Crippen molar-refractivity contribution < 1.29 is 4.74 Å². The van der Waals surface area contributed by atoms with E-state index in [2.05, 4.69) is 27.6 Å². The minimum Gasteiger partial charge on any atom is -0.496 e. The minimum atomic E-state index is 0.596. The van der Waals surface area contributed by atoms with Crippen LogP contribution in [-0.2, 0) is 6.54 Å². The molecular weight excluding hydrogens is 238 g/mol. The summed E-state index contributed by atoms with van der Waals surface area (Å²) >= 11 is 0. The minimum absolute atomic E-state index is 0.596. The molecule has 1 aliphatic carbocycles. The summed E-state index contributed by atoms with van der Waals surface area (Å²) in [6.07, 6.45) is 4.14. The highest BCUT2D eigenvalue weighted by atomic mass is 16.5. The second kappa shape index (κ2) is 5.45. The maximum atomic E-state index is 5.42. The molecule has 0 aliphatic heterocycles. The molecule has 0 spiro atoms. The van der Waals surface area contributed by atoms with Gasteiger partial charge >= 0.3 is 0 Å². The highest BCUT2D eigenvalue weighted by molar-refractivity contribution is 5.37. The van der Waals surface area contributed by atoms with Gasteiger partial charge in [-0.15, -0.1) is 0 Å². The molecular formula is C15H19N3O. The number of methoxy groups -OCH3 is 1. The van der Waals surface area contributed by atoms with Crippen LogP contribution in [-0.4, -0.2) is 23.3 Å². The molecule has 3 rings (SSSR count). The van der Waals surface area contributed by atoms with Crippen LogP contribution in [0.1, 0.15) is 30.0 Å². The summed E-state index contributed by atoms with van der Waals surface area (Å²) in [6.45, 7) is 0.864. The summed E-state index contributed by atoms with van der Waals surface area (Å²) in [5.41, 5.74) is 2.48. The summed E-state index contributed by atoms with van der Waals surface area (Å²) in [7, 11) is 1.74. The lowest BCUT2D eigenvalue weighted by atomic mass is 9.75. The third-order valence-electron chi connectivity index (χ3n) is 3.86. The van der Waals surface area contributed by atoms with Gasteiger partial charge in [0.25, 0.3) is 0 Å². The molecule has 0 unspecified atom stereocenters. The molecule has 1 heterocycles. The van der Waals surface area contributed by atoms with Gasteiger partial charge in [-0.25, -0.2) is 0 Å². The van der Waals surface area contributed by atoms with Gasteiger partial charge in [0.2, 0.25) is 0 Å². The van der Waals surface area contributed by atoms with Gasteiger partial charge < -0.3 is 10.1 Å². The lowest BCUT2D eigenvalue weighted by Crippen LogP contribution is -2.39. The Morgan fingerprint density at radius 1 is 1.32 bits per heavy atom. The van der Waals surface area contributed by atoms with Crippen molar-refractivity contribution in [3.63, 3.8) is 0 Å². The van der Waals surface area contributed by atoms with E-state index in [1.54, 1.807) is 13.3 Å². The SMILES string of the molecule is COc1ccccc1C1CC(NCc2ccn[nH]2)C1. The van der Waals surface area contributed by atoms with Crippen LogP contribution in [0.5, 0.6) is 5.75 Å². The van der Waals surface area contributed by atoms with Crippen molar-refractivity contribution in [2.45, 2.75) is 31.3 Å². The first-order valence-electron chi connectivity index (χ1n) is 6.71. The van der Waals surface area contributed by atoms with Gasteiger partial charge in [0.1, 0.15) is 5.75 Å². The number of rotatable bonds is 5. The predicted octanol–water partition coefficient (Wildman–Crippen LogP) is 2.45. The molecule has 0 saturated heterocycles. The van der Waals surface area contributed by atoms with Crippen molar-refractivity contribution in [1.82, 2.24) is 15.5 Å². The number of para-hydroxylation sites is 1. The monoisotopic (exact) mass is 257 g/mol. The summed E-state index contributed by atoms with van der Waals surface area (Å²) in [4.78, 5) is 0. The van der Waals surface area contributed by atoms with Gasteiger partial charge in [0, 0.05) is 24.5 Å². The van der Waals surface area contributed by atoms with Crippen LogP contribution in [0.15, 0.2) is 36.5 Å². The number of aromatic amines is 1. The van der Waals surface area contributed by atoms with E-state index in [1.807, 2.05) is 18.2 Å². The van der Waals surface area contributed by atoms with E-state index < -0.39 is 0 Å². The van der Waals surface area contributed by atoms with E-state index in [-0.39, 0.29) is 0 Å². The van der Waals surface area contributed by atoms with Crippen molar-refractivity contribution in [2.24, 2.45) is 0 Å². The maximum Gasteiger partial charge on any atom is 0.122 e. The maximum absolute atomic E-state index is 5.42. The van der Waals surface area contributed by atoms with Gasteiger partial charge in [0.05, 0.1) is 7.11 Å². The number of aromatic nitrogens is 2. The summed E-state index contributed by atoms with van der Waals surface area (Å²) in [5.74, 6) is 1.63. The van der Waals surface area contributed by atoms with Gasteiger partial charge in [-0.1, -0.05) is 18.2 Å². The molecule has 100 valence electrons. The van der Waals surface area contributed by atoms with Gasteiger partial charge in [0.15, 0.2) is 0 Å². The Bertz CT molecular complexity index is 518. The van der Waals surface area contributed by atoms with E-state index >= 15 is 0 Å². The van der Waals surface area contributed by atoms with Crippen LogP contribution in [0, 0.1) is 0 Å². The normalized spacial score (nSPS) is 21.9. The number of nitrogens with zero attached hydrogens (tertiary/aromatic N) is 1. The van der Waals surface area contributed by atoms with E-state index in [0.29, 0.717) is 12.0 Å². The van der Waals surface area contributed by atoms with Crippen LogP contribution in [0.2, 0.25) is 0 Å². The van der Waals surface area contributed by atoms with E-state index in [1.165, 1.54) is 18.4 Å². The van der Waals surface area contributed by atoms with Crippen molar-refractivity contribution >= 4 is 0 Å². The topological polar surface area (TPSA) is 49.9 Å². The van der Waals surface area contributed by atoms with Crippen molar-refractivity contribution in [1.29, 1.82) is 0 Å². The molecule has 0 atom stereocenters. The van der Waals surface area contributed by atoms with Crippen LogP contribution in [0.3, 0.4) is 0 Å². The third kappa shape index (κ3) is 2.63. The number of benzene rings is 1. The first-order chi connectivity index (χ1) is 9.36. The zero-order chi connectivity index (χ0) is 13.1. The second-order valence-electron chi connectivity index (χ2n) is 5.07. The molecule has 19 heavy (non-hydrogen) atoms. The van der Waals surface area contributed by atoms with Crippen LogP contribution in [0.4, 0.5) is 0 Å². The standard InChI is InChI=1S/C15H19N3O/c1-19-15-5-3-2-4-14(15)11-8-13(9-11)16-10-12-6-7-17-18-12/h2-7,11,13,16H,8-10H2,1H3,(H,17,18). The van der Waals surface area contributed by atoms with Crippen LogP contribution >= 0.6 is 0 Å². The number of H-pyrrole nitrogens is 1. The Balaban J connectivity index is 1.52. The molecule has 4 heteroatoms. The molecule has 0 amide bonds. The van der Waals surface area contributed by atoms with Gasteiger partial charge in [-0.2, -0.15) is 5.10 Å². The molecule has 4 nitrogen and oxygen atoms in total. The molecule has 1 aromatic heterocycles. The quantitative estimate of drug-likeness (QED) is 0.865. The molecule has 0 radical (unpaired) electrons. The fourth-order valence-corrected chi connectivity index (χ4v) is 2.68. The Labute approximate surface area is 113 Å². The molecule has 1 aliphatic rings. The van der Waals surface area contributed by atoms with Crippen LogP contribution in [0.25, 0.3) is 0 Å². The Kier molecular flexibility index (Phi) is 3.51. The largest absolute Gasteiger partial charge is 0.496 e. The fraction of sp³-hybridized carbons (Fsp3) is 0.400. The third-order valence-corrected chi connectivity index (χ3v) is 3.86. The highest BCUT2D eigenvalue weighted by Crippen LogP contribution is 2.40. The average Bonchev–Trinajstić information content (AvgIpc) is 2.90. The van der Waals surface area contributed by atoms with Crippen LogP contribution < -0.4 is 10.1 Å². The number of hydrogen-bond acceptors (Lipinski definition) is 3. The molecule has 0 bridgehead atoms. The van der Waals surface area contributed by atoms with Crippen molar-refractivity contribution in [3.05, 3.63) is 47.8 Å². The first-order valence-corrected chi connectivity index (χ1v) is 6.71. The fourth-order valence-electron chi connectivity index (χ4n) is 2.68. The zero-order valence-electron chi connectivity index (χ0n) is 11.1. The smallest absolute Gasteiger partial charge is 0.122 e.